The molecule has 47 heavy (non-hydrogen) atoms. The number of aromatic nitrogens is 1. The molecule has 0 N–H and O–H groups in total. The molecule has 1 unspecified atom stereocenters. The molecule has 0 aliphatic carbocycles. The Hall–Kier alpha value is -4.63. The minimum atomic E-state index is -0.697. The monoisotopic (exact) mass is 654 g/mol. The Balaban J connectivity index is 1.35. The third kappa shape index (κ3) is 8.21. The summed E-state index contributed by atoms with van der Waals surface area (Å²) in [7, 11) is 1.59. The minimum Gasteiger partial charge on any atom is -0.497 e. The number of aryl methyl sites for hydroxylation is 1. The van der Waals surface area contributed by atoms with E-state index in [1.54, 1.807) is 25.5 Å². The summed E-state index contributed by atoms with van der Waals surface area (Å²) in [4.78, 5) is 32.4. The Labute approximate surface area is 279 Å². The van der Waals surface area contributed by atoms with Crippen LogP contribution in [0.5, 0.6) is 17.2 Å². The SMILES string of the molecule is CCCCCCc1ccc(OCCOc2ccccc2C=c2sc3n(c2=O)C(c2ccc(OC)cc2)C(C(=O)OCC)=C(C)N=3)cc1. The lowest BCUT2D eigenvalue weighted by molar-refractivity contribution is -0.139. The van der Waals surface area contributed by atoms with Gasteiger partial charge in [-0.05, 0) is 74.2 Å². The van der Waals surface area contributed by atoms with Crippen LogP contribution in [0.3, 0.4) is 0 Å². The summed E-state index contributed by atoms with van der Waals surface area (Å²) in [5, 5.41) is 0. The first-order chi connectivity index (χ1) is 22.9. The van der Waals surface area contributed by atoms with Gasteiger partial charge in [0.2, 0.25) is 0 Å². The Morgan fingerprint density at radius 2 is 1.64 bits per heavy atom. The summed E-state index contributed by atoms with van der Waals surface area (Å²) in [6.07, 6.45) is 7.90. The van der Waals surface area contributed by atoms with Crippen molar-refractivity contribution in [2.75, 3.05) is 26.9 Å². The lowest BCUT2D eigenvalue weighted by Crippen LogP contribution is -2.39. The summed E-state index contributed by atoms with van der Waals surface area (Å²) in [6, 6.07) is 22.5. The van der Waals surface area contributed by atoms with Crippen LogP contribution in [-0.4, -0.2) is 37.5 Å². The molecular weight excluding hydrogens is 612 g/mol. The van der Waals surface area contributed by atoms with E-state index in [9.17, 15) is 9.59 Å². The van der Waals surface area contributed by atoms with Crippen molar-refractivity contribution < 1.29 is 23.7 Å². The van der Waals surface area contributed by atoms with E-state index in [1.807, 2.05) is 66.7 Å². The van der Waals surface area contributed by atoms with Crippen molar-refractivity contribution in [3.8, 4) is 17.2 Å². The highest BCUT2D eigenvalue weighted by Crippen LogP contribution is 2.31. The van der Waals surface area contributed by atoms with Gasteiger partial charge in [0, 0.05) is 5.56 Å². The van der Waals surface area contributed by atoms with Gasteiger partial charge < -0.3 is 18.9 Å². The molecule has 3 aromatic carbocycles. The lowest BCUT2D eigenvalue weighted by atomic mass is 9.96. The molecule has 4 aromatic rings. The number of methoxy groups -OCH3 is 1. The summed E-state index contributed by atoms with van der Waals surface area (Å²) in [5.74, 6) is 1.62. The molecule has 1 aromatic heterocycles. The van der Waals surface area contributed by atoms with Crippen molar-refractivity contribution in [2.45, 2.75) is 58.9 Å². The van der Waals surface area contributed by atoms with Crippen LogP contribution in [0.25, 0.3) is 6.08 Å². The van der Waals surface area contributed by atoms with E-state index in [4.69, 9.17) is 18.9 Å². The lowest BCUT2D eigenvalue weighted by Gasteiger charge is -2.24. The zero-order valence-electron chi connectivity index (χ0n) is 27.5. The van der Waals surface area contributed by atoms with Gasteiger partial charge in [0.15, 0.2) is 4.80 Å². The maximum atomic E-state index is 14.0. The number of nitrogens with zero attached hydrogens (tertiary/aromatic N) is 2. The molecule has 0 bridgehead atoms. The Morgan fingerprint density at radius 3 is 2.36 bits per heavy atom. The number of benzene rings is 3. The maximum absolute atomic E-state index is 14.0. The standard InChI is InChI=1S/C38H42N2O6S/c1-5-7-8-9-12-27-15-19-31(20-16-27)45-23-24-46-32-14-11-10-13-29(32)25-33-36(41)40-35(28-17-21-30(43-4)22-18-28)34(37(42)44-6-2)26(3)39-38(40)47-33/h10-11,13-22,25,35H,5-9,12,23-24H2,1-4H3. The summed E-state index contributed by atoms with van der Waals surface area (Å²) < 4.78 is 24.8. The molecule has 246 valence electrons. The molecule has 0 spiro atoms. The zero-order chi connectivity index (χ0) is 33.2. The molecule has 9 heteroatoms. The fraction of sp³-hybridized carbons (Fsp3) is 0.342. The predicted molar refractivity (Wildman–Crippen MR) is 185 cm³/mol. The molecule has 0 amide bonds. The van der Waals surface area contributed by atoms with Crippen LogP contribution >= 0.6 is 11.3 Å². The second-order valence-corrected chi connectivity index (χ2v) is 12.3. The van der Waals surface area contributed by atoms with Crippen LogP contribution in [0.15, 0.2) is 93.9 Å². The van der Waals surface area contributed by atoms with E-state index in [-0.39, 0.29) is 12.2 Å². The van der Waals surface area contributed by atoms with Gasteiger partial charge in [0.1, 0.15) is 30.5 Å². The fourth-order valence-electron chi connectivity index (χ4n) is 5.58. The first kappa shape index (κ1) is 33.7. The molecule has 0 fully saturated rings. The van der Waals surface area contributed by atoms with Crippen molar-refractivity contribution in [1.29, 1.82) is 0 Å². The Kier molecular flexibility index (Phi) is 11.7. The molecule has 1 atom stereocenters. The number of thiazole rings is 1. The van der Waals surface area contributed by atoms with Gasteiger partial charge >= 0.3 is 5.97 Å². The molecule has 0 radical (unpaired) electrons. The second-order valence-electron chi connectivity index (χ2n) is 11.3. The number of carbonyl (C=O) groups is 1. The number of esters is 1. The van der Waals surface area contributed by atoms with Gasteiger partial charge in [-0.3, -0.25) is 9.36 Å². The fourth-order valence-corrected chi connectivity index (χ4v) is 6.62. The topological polar surface area (TPSA) is 88.3 Å². The van der Waals surface area contributed by atoms with E-state index in [0.717, 1.165) is 23.3 Å². The van der Waals surface area contributed by atoms with Crippen LogP contribution in [0.4, 0.5) is 0 Å². The van der Waals surface area contributed by atoms with Crippen LogP contribution < -0.4 is 29.1 Å². The molecule has 1 aliphatic rings. The molecule has 2 heterocycles. The van der Waals surface area contributed by atoms with E-state index >= 15 is 0 Å². The van der Waals surface area contributed by atoms with Crippen LogP contribution in [0, 0.1) is 0 Å². The maximum Gasteiger partial charge on any atom is 0.338 e. The third-order valence-electron chi connectivity index (χ3n) is 8.01. The summed E-state index contributed by atoms with van der Waals surface area (Å²) in [5.41, 5.74) is 3.43. The number of hydrogen-bond acceptors (Lipinski definition) is 8. The van der Waals surface area contributed by atoms with Gasteiger partial charge in [-0.2, -0.15) is 0 Å². The van der Waals surface area contributed by atoms with Crippen molar-refractivity contribution >= 4 is 23.4 Å². The van der Waals surface area contributed by atoms with E-state index in [1.165, 1.54) is 42.6 Å². The van der Waals surface area contributed by atoms with Gasteiger partial charge in [0.05, 0.1) is 35.6 Å². The van der Waals surface area contributed by atoms with Crippen molar-refractivity contribution in [3.63, 3.8) is 0 Å². The average Bonchev–Trinajstić information content (AvgIpc) is 3.39. The van der Waals surface area contributed by atoms with Gasteiger partial charge in [0.25, 0.3) is 5.56 Å². The van der Waals surface area contributed by atoms with Crippen molar-refractivity contribution in [3.05, 3.63) is 120 Å². The predicted octanol–water partition coefficient (Wildman–Crippen LogP) is 6.39. The number of hydrogen-bond donors (Lipinski definition) is 0. The van der Waals surface area contributed by atoms with Gasteiger partial charge in [-0.25, -0.2) is 9.79 Å². The molecular formula is C38H42N2O6S. The van der Waals surface area contributed by atoms with E-state index in [0.29, 0.717) is 45.3 Å². The molecule has 5 rings (SSSR count). The van der Waals surface area contributed by atoms with Gasteiger partial charge in [-0.1, -0.05) is 80.0 Å². The highest BCUT2D eigenvalue weighted by molar-refractivity contribution is 7.07. The van der Waals surface area contributed by atoms with E-state index in [2.05, 4.69) is 24.0 Å². The molecule has 0 saturated heterocycles. The summed E-state index contributed by atoms with van der Waals surface area (Å²) in [6.45, 7) is 6.68. The second kappa shape index (κ2) is 16.3. The highest BCUT2D eigenvalue weighted by atomic mass is 32.1. The third-order valence-corrected chi connectivity index (χ3v) is 8.99. The quantitative estimate of drug-likeness (QED) is 0.109. The largest absolute Gasteiger partial charge is 0.497 e. The van der Waals surface area contributed by atoms with Crippen molar-refractivity contribution in [2.24, 2.45) is 4.99 Å². The first-order valence-corrected chi connectivity index (χ1v) is 17.0. The first-order valence-electron chi connectivity index (χ1n) is 16.2. The summed E-state index contributed by atoms with van der Waals surface area (Å²) >= 11 is 1.27. The minimum absolute atomic E-state index is 0.211. The van der Waals surface area contributed by atoms with Crippen LogP contribution in [0.1, 0.15) is 69.2 Å². The molecule has 0 saturated carbocycles. The van der Waals surface area contributed by atoms with Gasteiger partial charge in [-0.15, -0.1) is 0 Å². The zero-order valence-corrected chi connectivity index (χ0v) is 28.3. The number of ether oxygens (including phenoxy) is 4. The number of rotatable bonds is 15. The molecule has 8 nitrogen and oxygen atoms in total. The smallest absolute Gasteiger partial charge is 0.338 e. The Bertz CT molecular complexity index is 1870. The van der Waals surface area contributed by atoms with Crippen molar-refractivity contribution in [1.82, 2.24) is 4.57 Å². The number of allylic oxidation sites excluding steroid dienone is 1. The normalized spacial score (nSPS) is 14.4. The number of para-hydroxylation sites is 1. The van der Waals surface area contributed by atoms with E-state index < -0.39 is 12.0 Å². The number of unbranched alkanes of at least 4 members (excludes halogenated alkanes) is 3. The number of carbonyl (C=O) groups excluding carboxylic acids is 1. The Morgan fingerprint density at radius 1 is 0.915 bits per heavy atom. The average molecular weight is 655 g/mol. The van der Waals surface area contributed by atoms with Crippen LogP contribution in [0.2, 0.25) is 0 Å². The highest BCUT2D eigenvalue weighted by Gasteiger charge is 2.33. The number of fused-ring (bicyclic) bond motifs is 1. The molecule has 1 aliphatic heterocycles. The van der Waals surface area contributed by atoms with Crippen LogP contribution in [-0.2, 0) is 16.0 Å².